The molecule has 1 aliphatic heterocycles. The molecular formula is C27H28N2O4. The maximum atomic E-state index is 13.2. The molecule has 0 fully saturated rings. The largest absolute Gasteiger partial charge is 0.493 e. The lowest BCUT2D eigenvalue weighted by Gasteiger charge is -2.28. The van der Waals surface area contributed by atoms with Crippen LogP contribution in [0, 0.1) is 0 Å². The molecule has 6 heteroatoms. The fraction of sp³-hybridized carbons (Fsp3) is 0.259. The SMILES string of the molecule is COc1ccc(C(CC(=O)NCCc2ccccc2)N2Cc3ccccc3C2=O)cc1OC. The standard InChI is InChI=1S/C27H28N2O4/c1-32-24-13-12-20(16-25(24)33-2)23(29-18-21-10-6-7-11-22(21)27(29)31)17-26(30)28-15-14-19-8-4-3-5-9-19/h3-13,16,23H,14-15,17-18H2,1-2H3,(H,28,30). The van der Waals surface area contributed by atoms with E-state index >= 15 is 0 Å². The van der Waals surface area contributed by atoms with Crippen LogP contribution >= 0.6 is 0 Å². The summed E-state index contributed by atoms with van der Waals surface area (Å²) in [7, 11) is 3.15. The van der Waals surface area contributed by atoms with Gasteiger partial charge in [-0.2, -0.15) is 0 Å². The van der Waals surface area contributed by atoms with Crippen molar-refractivity contribution in [3.63, 3.8) is 0 Å². The van der Waals surface area contributed by atoms with Crippen LogP contribution in [0.2, 0.25) is 0 Å². The van der Waals surface area contributed by atoms with Crippen LogP contribution in [0.15, 0.2) is 72.8 Å². The van der Waals surface area contributed by atoms with Gasteiger partial charge in [-0.1, -0.05) is 54.6 Å². The summed E-state index contributed by atoms with van der Waals surface area (Å²) < 4.78 is 10.8. The van der Waals surface area contributed by atoms with Crippen LogP contribution in [-0.2, 0) is 17.8 Å². The van der Waals surface area contributed by atoms with Gasteiger partial charge in [0.25, 0.3) is 5.91 Å². The Kier molecular flexibility index (Phi) is 6.93. The van der Waals surface area contributed by atoms with E-state index in [1.165, 1.54) is 5.56 Å². The molecule has 2 amide bonds. The summed E-state index contributed by atoms with van der Waals surface area (Å²) in [4.78, 5) is 27.9. The van der Waals surface area contributed by atoms with Crippen molar-refractivity contribution in [1.29, 1.82) is 0 Å². The molecule has 6 nitrogen and oxygen atoms in total. The van der Waals surface area contributed by atoms with E-state index in [9.17, 15) is 9.59 Å². The molecule has 0 spiro atoms. The van der Waals surface area contributed by atoms with Gasteiger partial charge in [-0.25, -0.2) is 0 Å². The highest BCUT2D eigenvalue weighted by Crippen LogP contribution is 2.37. The molecule has 1 N–H and O–H groups in total. The highest BCUT2D eigenvalue weighted by Gasteiger charge is 2.34. The lowest BCUT2D eigenvalue weighted by atomic mass is 10.0. The Hall–Kier alpha value is -3.80. The molecule has 0 aliphatic carbocycles. The van der Waals surface area contributed by atoms with E-state index in [2.05, 4.69) is 5.32 Å². The van der Waals surface area contributed by atoms with Crippen LogP contribution in [-0.4, -0.2) is 37.5 Å². The lowest BCUT2D eigenvalue weighted by molar-refractivity contribution is -0.122. The van der Waals surface area contributed by atoms with Crippen molar-refractivity contribution >= 4 is 11.8 Å². The second-order valence-electron chi connectivity index (χ2n) is 8.01. The topological polar surface area (TPSA) is 67.9 Å². The molecule has 0 bridgehead atoms. The van der Waals surface area contributed by atoms with Gasteiger partial charge >= 0.3 is 0 Å². The molecular weight excluding hydrogens is 416 g/mol. The molecule has 33 heavy (non-hydrogen) atoms. The van der Waals surface area contributed by atoms with Crippen LogP contribution < -0.4 is 14.8 Å². The lowest BCUT2D eigenvalue weighted by Crippen LogP contribution is -2.35. The van der Waals surface area contributed by atoms with E-state index in [1.54, 1.807) is 19.1 Å². The number of carbonyl (C=O) groups excluding carboxylic acids is 2. The fourth-order valence-corrected chi connectivity index (χ4v) is 4.24. The van der Waals surface area contributed by atoms with Gasteiger partial charge in [0.05, 0.1) is 26.7 Å². The van der Waals surface area contributed by atoms with Crippen molar-refractivity contribution in [3.8, 4) is 11.5 Å². The first-order valence-electron chi connectivity index (χ1n) is 11.0. The van der Waals surface area contributed by atoms with Crippen molar-refractivity contribution in [2.75, 3.05) is 20.8 Å². The highest BCUT2D eigenvalue weighted by atomic mass is 16.5. The number of hydrogen-bond donors (Lipinski definition) is 1. The van der Waals surface area contributed by atoms with Crippen LogP contribution in [0.3, 0.4) is 0 Å². The summed E-state index contributed by atoms with van der Waals surface area (Å²) >= 11 is 0. The second-order valence-corrected chi connectivity index (χ2v) is 8.01. The third-order valence-corrected chi connectivity index (χ3v) is 5.98. The Labute approximate surface area is 194 Å². The van der Waals surface area contributed by atoms with Crippen molar-refractivity contribution in [1.82, 2.24) is 10.2 Å². The first-order chi connectivity index (χ1) is 16.1. The zero-order chi connectivity index (χ0) is 23.2. The first kappa shape index (κ1) is 22.4. The molecule has 1 aliphatic rings. The van der Waals surface area contributed by atoms with Gasteiger partial charge < -0.3 is 19.7 Å². The summed E-state index contributed by atoms with van der Waals surface area (Å²) in [6.07, 6.45) is 0.908. The second kappa shape index (κ2) is 10.2. The molecule has 170 valence electrons. The number of benzene rings is 3. The van der Waals surface area contributed by atoms with Gasteiger partial charge in [-0.05, 0) is 41.3 Å². The van der Waals surface area contributed by atoms with Crippen LogP contribution in [0.5, 0.6) is 11.5 Å². The molecule has 0 saturated heterocycles. The Bertz CT molecular complexity index is 1130. The third-order valence-electron chi connectivity index (χ3n) is 5.98. The van der Waals surface area contributed by atoms with Crippen molar-refractivity contribution in [2.45, 2.75) is 25.4 Å². The van der Waals surface area contributed by atoms with Crippen LogP contribution in [0.4, 0.5) is 0 Å². The van der Waals surface area contributed by atoms with Gasteiger partial charge in [0, 0.05) is 18.7 Å². The first-order valence-corrected chi connectivity index (χ1v) is 11.0. The number of hydrogen-bond acceptors (Lipinski definition) is 4. The minimum atomic E-state index is -0.429. The summed E-state index contributed by atoms with van der Waals surface area (Å²) in [5.74, 6) is 0.994. The maximum absolute atomic E-state index is 13.2. The fourth-order valence-electron chi connectivity index (χ4n) is 4.24. The number of carbonyl (C=O) groups is 2. The quantitative estimate of drug-likeness (QED) is 0.538. The maximum Gasteiger partial charge on any atom is 0.255 e. The number of amides is 2. The molecule has 0 radical (unpaired) electrons. The Morgan fingerprint density at radius 1 is 0.970 bits per heavy atom. The van der Waals surface area contributed by atoms with Gasteiger partial charge in [0.1, 0.15) is 0 Å². The normalized spacial score (nSPS) is 13.4. The van der Waals surface area contributed by atoms with E-state index < -0.39 is 6.04 Å². The molecule has 4 rings (SSSR count). The molecule has 3 aromatic carbocycles. The van der Waals surface area contributed by atoms with Crippen molar-refractivity contribution < 1.29 is 19.1 Å². The molecule has 1 unspecified atom stereocenters. The van der Waals surface area contributed by atoms with Crippen LogP contribution in [0.25, 0.3) is 0 Å². The third kappa shape index (κ3) is 5.00. The molecule has 0 aromatic heterocycles. The molecule has 1 heterocycles. The van der Waals surface area contributed by atoms with Gasteiger partial charge in [-0.3, -0.25) is 9.59 Å². The number of fused-ring (bicyclic) bond motifs is 1. The monoisotopic (exact) mass is 444 g/mol. The zero-order valence-electron chi connectivity index (χ0n) is 18.9. The van der Waals surface area contributed by atoms with Crippen molar-refractivity contribution in [2.24, 2.45) is 0 Å². The van der Waals surface area contributed by atoms with E-state index in [4.69, 9.17) is 9.47 Å². The van der Waals surface area contributed by atoms with E-state index in [-0.39, 0.29) is 18.2 Å². The number of ether oxygens (including phenoxy) is 2. The Morgan fingerprint density at radius 2 is 1.70 bits per heavy atom. The minimum absolute atomic E-state index is 0.0672. The molecule has 1 atom stereocenters. The van der Waals surface area contributed by atoms with Gasteiger partial charge in [0.15, 0.2) is 11.5 Å². The highest BCUT2D eigenvalue weighted by molar-refractivity contribution is 5.98. The molecule has 0 saturated carbocycles. The summed E-state index contributed by atoms with van der Waals surface area (Å²) in [5, 5.41) is 3.01. The Balaban J connectivity index is 1.54. The van der Waals surface area contributed by atoms with E-state index in [0.717, 1.165) is 17.5 Å². The van der Waals surface area contributed by atoms with E-state index in [1.807, 2.05) is 72.8 Å². The van der Waals surface area contributed by atoms with Gasteiger partial charge in [0.2, 0.25) is 5.91 Å². The summed E-state index contributed by atoms with van der Waals surface area (Å²) in [6.45, 7) is 1.00. The Morgan fingerprint density at radius 3 is 2.42 bits per heavy atom. The number of methoxy groups -OCH3 is 2. The minimum Gasteiger partial charge on any atom is -0.493 e. The number of nitrogens with zero attached hydrogens (tertiary/aromatic N) is 1. The smallest absolute Gasteiger partial charge is 0.255 e. The average Bonchev–Trinajstić information content (AvgIpc) is 3.19. The molecule has 3 aromatic rings. The van der Waals surface area contributed by atoms with E-state index in [0.29, 0.717) is 30.2 Å². The summed E-state index contributed by atoms with van der Waals surface area (Å²) in [5.41, 5.74) is 3.65. The van der Waals surface area contributed by atoms with Crippen LogP contribution in [0.1, 0.15) is 39.5 Å². The predicted octanol–water partition coefficient (Wildman–Crippen LogP) is 4.15. The average molecular weight is 445 g/mol. The van der Waals surface area contributed by atoms with Crippen molar-refractivity contribution in [3.05, 3.63) is 95.1 Å². The predicted molar refractivity (Wildman–Crippen MR) is 126 cm³/mol. The van der Waals surface area contributed by atoms with Gasteiger partial charge in [-0.15, -0.1) is 0 Å². The summed E-state index contributed by atoms with van der Waals surface area (Å²) in [6, 6.07) is 22.7. The number of nitrogens with one attached hydrogen (secondary N) is 1. The number of rotatable bonds is 9. The zero-order valence-corrected chi connectivity index (χ0v) is 18.9.